The molecule has 0 amide bonds. The molecule has 0 saturated heterocycles. The van der Waals surface area contributed by atoms with Crippen molar-refractivity contribution in [3.63, 3.8) is 0 Å². The van der Waals surface area contributed by atoms with Crippen molar-refractivity contribution < 1.29 is 0 Å². The van der Waals surface area contributed by atoms with Gasteiger partial charge in [-0.2, -0.15) is 0 Å². The van der Waals surface area contributed by atoms with Crippen molar-refractivity contribution in [2.45, 2.75) is 44.7 Å². The minimum Gasteiger partial charge on any atom is -0.329 e. The second kappa shape index (κ2) is 5.85. The van der Waals surface area contributed by atoms with Crippen LogP contribution in [0.4, 0.5) is 0 Å². The number of benzene rings is 1. The Balaban J connectivity index is 2.10. The summed E-state index contributed by atoms with van der Waals surface area (Å²) in [4.78, 5) is 0. The maximum Gasteiger partial charge on any atom is 0.0449 e. The van der Waals surface area contributed by atoms with Crippen LogP contribution in [0.25, 0.3) is 0 Å². The topological polar surface area (TPSA) is 38.0 Å². The average molecular weight is 253 g/mol. The van der Waals surface area contributed by atoms with E-state index in [1.165, 1.54) is 36.8 Å². The Morgan fingerprint density at radius 2 is 2.12 bits per heavy atom. The highest BCUT2D eigenvalue weighted by molar-refractivity contribution is 6.30. The van der Waals surface area contributed by atoms with Gasteiger partial charge in [-0.25, -0.2) is 0 Å². The average Bonchev–Trinajstić information content (AvgIpc) is 2.79. The smallest absolute Gasteiger partial charge is 0.0449 e. The van der Waals surface area contributed by atoms with Crippen molar-refractivity contribution >= 4 is 11.6 Å². The Morgan fingerprint density at radius 1 is 1.41 bits per heavy atom. The van der Waals surface area contributed by atoms with Crippen LogP contribution in [-0.4, -0.2) is 12.6 Å². The molecule has 0 radical (unpaired) electrons. The fourth-order valence-corrected chi connectivity index (χ4v) is 2.92. The van der Waals surface area contributed by atoms with Gasteiger partial charge in [0.05, 0.1) is 0 Å². The van der Waals surface area contributed by atoms with Gasteiger partial charge in [-0.1, -0.05) is 30.5 Å². The van der Waals surface area contributed by atoms with E-state index in [9.17, 15) is 0 Å². The van der Waals surface area contributed by atoms with Crippen molar-refractivity contribution in [3.8, 4) is 0 Å². The summed E-state index contributed by atoms with van der Waals surface area (Å²) in [5, 5.41) is 4.47. The van der Waals surface area contributed by atoms with Crippen molar-refractivity contribution in [3.05, 3.63) is 34.3 Å². The van der Waals surface area contributed by atoms with E-state index in [1.807, 2.05) is 12.1 Å². The molecule has 0 spiro atoms. The lowest BCUT2D eigenvalue weighted by Crippen LogP contribution is -2.35. The Labute approximate surface area is 109 Å². The van der Waals surface area contributed by atoms with Crippen LogP contribution in [0.2, 0.25) is 5.02 Å². The van der Waals surface area contributed by atoms with E-state index in [0.717, 1.165) is 5.02 Å². The minimum atomic E-state index is 0.260. The van der Waals surface area contributed by atoms with Crippen molar-refractivity contribution in [2.24, 2.45) is 5.73 Å². The van der Waals surface area contributed by atoms with Crippen molar-refractivity contribution in [1.82, 2.24) is 5.32 Å². The summed E-state index contributed by atoms with van der Waals surface area (Å²) < 4.78 is 0. The summed E-state index contributed by atoms with van der Waals surface area (Å²) in [6.45, 7) is 2.74. The molecule has 1 atom stereocenters. The number of aryl methyl sites for hydroxylation is 1. The van der Waals surface area contributed by atoms with Gasteiger partial charge in [-0.05, 0) is 43.0 Å². The molecule has 0 bridgehead atoms. The molecule has 3 N–H and O–H groups in total. The lowest BCUT2D eigenvalue weighted by atomic mass is 10.0. The van der Waals surface area contributed by atoms with Crippen LogP contribution < -0.4 is 11.1 Å². The maximum absolute atomic E-state index is 5.98. The quantitative estimate of drug-likeness (QED) is 0.864. The molecule has 1 saturated carbocycles. The molecule has 1 unspecified atom stereocenters. The van der Waals surface area contributed by atoms with E-state index in [4.69, 9.17) is 17.3 Å². The molecule has 17 heavy (non-hydrogen) atoms. The fraction of sp³-hybridized carbons (Fsp3) is 0.571. The molecule has 1 aliphatic rings. The molecule has 3 heteroatoms. The Bertz CT molecular complexity index is 372. The molecule has 0 heterocycles. The maximum atomic E-state index is 5.98. The summed E-state index contributed by atoms with van der Waals surface area (Å²) in [6, 6.07) is 6.95. The third kappa shape index (κ3) is 3.21. The second-order valence-electron chi connectivity index (χ2n) is 4.94. The number of hydrogen-bond acceptors (Lipinski definition) is 2. The molecular formula is C14H21ClN2. The predicted octanol–water partition coefficient (Wildman–Crippen LogP) is 3.18. The number of halogens is 1. The lowest BCUT2D eigenvalue weighted by molar-refractivity contribution is 0.443. The summed E-state index contributed by atoms with van der Waals surface area (Å²) in [6.07, 6.45) is 5.25. The van der Waals surface area contributed by atoms with Crippen LogP contribution >= 0.6 is 11.6 Å². The summed E-state index contributed by atoms with van der Waals surface area (Å²) >= 11 is 5.98. The van der Waals surface area contributed by atoms with E-state index in [-0.39, 0.29) is 6.04 Å². The zero-order valence-electron chi connectivity index (χ0n) is 10.4. The van der Waals surface area contributed by atoms with Crippen molar-refractivity contribution in [2.75, 3.05) is 6.54 Å². The van der Waals surface area contributed by atoms with Gasteiger partial charge in [0.2, 0.25) is 0 Å². The number of rotatable bonds is 4. The Hall–Kier alpha value is -0.570. The van der Waals surface area contributed by atoms with Crippen LogP contribution in [0, 0.1) is 6.92 Å². The molecule has 0 aromatic heterocycles. The number of nitrogens with two attached hydrogens (primary N) is 1. The molecule has 1 fully saturated rings. The van der Waals surface area contributed by atoms with Gasteiger partial charge in [0.1, 0.15) is 0 Å². The first-order valence-electron chi connectivity index (χ1n) is 6.43. The molecule has 1 aromatic carbocycles. The highest BCUT2D eigenvalue weighted by Gasteiger charge is 2.20. The van der Waals surface area contributed by atoms with E-state index >= 15 is 0 Å². The third-order valence-electron chi connectivity index (χ3n) is 3.64. The first kappa shape index (κ1) is 12.9. The highest BCUT2D eigenvalue weighted by atomic mass is 35.5. The molecule has 2 rings (SSSR count). The lowest BCUT2D eigenvalue weighted by Gasteiger charge is -2.23. The Morgan fingerprint density at radius 3 is 2.71 bits per heavy atom. The molecular weight excluding hydrogens is 232 g/mol. The first-order chi connectivity index (χ1) is 8.20. The fourth-order valence-electron chi connectivity index (χ4n) is 2.69. The zero-order chi connectivity index (χ0) is 12.3. The van der Waals surface area contributed by atoms with Gasteiger partial charge in [-0.15, -0.1) is 0 Å². The van der Waals surface area contributed by atoms with Crippen LogP contribution in [0.1, 0.15) is 42.9 Å². The summed E-state index contributed by atoms with van der Waals surface area (Å²) in [5.41, 5.74) is 8.40. The molecule has 1 aromatic rings. The van der Waals surface area contributed by atoms with Crippen molar-refractivity contribution in [1.29, 1.82) is 0 Å². The normalized spacial score (nSPS) is 18.5. The van der Waals surface area contributed by atoms with E-state index in [2.05, 4.69) is 18.3 Å². The van der Waals surface area contributed by atoms with Gasteiger partial charge >= 0.3 is 0 Å². The summed E-state index contributed by atoms with van der Waals surface area (Å²) in [7, 11) is 0. The zero-order valence-corrected chi connectivity index (χ0v) is 11.1. The largest absolute Gasteiger partial charge is 0.329 e. The second-order valence-corrected chi connectivity index (χ2v) is 5.37. The van der Waals surface area contributed by atoms with Gasteiger partial charge < -0.3 is 11.1 Å². The SMILES string of the molecule is Cc1cc(Cl)ccc1C(CN)NC1CCCC1. The Kier molecular flexibility index (Phi) is 4.43. The number of nitrogens with one attached hydrogen (secondary N) is 1. The monoisotopic (exact) mass is 252 g/mol. The first-order valence-corrected chi connectivity index (χ1v) is 6.80. The van der Waals surface area contributed by atoms with E-state index < -0.39 is 0 Å². The van der Waals surface area contributed by atoms with Gasteiger partial charge in [0, 0.05) is 23.7 Å². The van der Waals surface area contributed by atoms with E-state index in [0.29, 0.717) is 12.6 Å². The van der Waals surface area contributed by atoms with Gasteiger partial charge in [0.25, 0.3) is 0 Å². The highest BCUT2D eigenvalue weighted by Crippen LogP contribution is 2.25. The molecule has 1 aliphatic carbocycles. The van der Waals surface area contributed by atoms with Gasteiger partial charge in [0.15, 0.2) is 0 Å². The van der Waals surface area contributed by atoms with Crippen LogP contribution in [-0.2, 0) is 0 Å². The third-order valence-corrected chi connectivity index (χ3v) is 3.87. The van der Waals surface area contributed by atoms with Crippen LogP contribution in [0.15, 0.2) is 18.2 Å². The van der Waals surface area contributed by atoms with Crippen LogP contribution in [0.3, 0.4) is 0 Å². The molecule has 0 aliphatic heterocycles. The van der Waals surface area contributed by atoms with E-state index in [1.54, 1.807) is 0 Å². The molecule has 2 nitrogen and oxygen atoms in total. The molecule has 94 valence electrons. The number of hydrogen-bond donors (Lipinski definition) is 2. The summed E-state index contributed by atoms with van der Waals surface area (Å²) in [5.74, 6) is 0. The predicted molar refractivity (Wildman–Crippen MR) is 73.4 cm³/mol. The standard InChI is InChI=1S/C14H21ClN2/c1-10-8-11(15)6-7-13(10)14(9-16)17-12-4-2-3-5-12/h6-8,12,14,17H,2-5,9,16H2,1H3. The minimum absolute atomic E-state index is 0.260. The van der Waals surface area contributed by atoms with Gasteiger partial charge in [-0.3, -0.25) is 0 Å². The van der Waals surface area contributed by atoms with Crippen LogP contribution in [0.5, 0.6) is 0 Å².